The van der Waals surface area contributed by atoms with Crippen LogP contribution >= 0.6 is 0 Å². The minimum atomic E-state index is -0.125. The molecule has 1 aromatic rings. The van der Waals surface area contributed by atoms with Gasteiger partial charge >= 0.3 is 0 Å². The van der Waals surface area contributed by atoms with E-state index in [0.717, 1.165) is 17.7 Å². The molecule has 21 heavy (non-hydrogen) atoms. The van der Waals surface area contributed by atoms with Gasteiger partial charge in [-0.05, 0) is 26.6 Å². The number of likely N-dealkylation sites (N-methyl/N-ethyl adjacent to an activating group) is 1. The molecule has 0 aliphatic rings. The van der Waals surface area contributed by atoms with Gasteiger partial charge in [0.25, 0.3) is 0 Å². The molecular formula is C16H25N3O2. The molecule has 1 rings (SSSR count). The number of amides is 2. The van der Waals surface area contributed by atoms with Crippen molar-refractivity contribution in [2.24, 2.45) is 0 Å². The first kappa shape index (κ1) is 17.2. The number of rotatable bonds is 7. The zero-order valence-electron chi connectivity index (χ0n) is 13.3. The molecule has 0 saturated carbocycles. The van der Waals surface area contributed by atoms with Crippen LogP contribution in [-0.4, -0.2) is 55.3 Å². The SMILES string of the molecule is CC(=O)N(CC(=O)NCCN(C)C)Cc1cccc(C)c1. The molecule has 0 aliphatic carbocycles. The topological polar surface area (TPSA) is 52.7 Å². The van der Waals surface area contributed by atoms with E-state index in [4.69, 9.17) is 0 Å². The Hall–Kier alpha value is -1.88. The van der Waals surface area contributed by atoms with Crippen LogP contribution in [0.15, 0.2) is 24.3 Å². The van der Waals surface area contributed by atoms with Crippen LogP contribution in [0.25, 0.3) is 0 Å². The number of carbonyl (C=O) groups is 2. The van der Waals surface area contributed by atoms with Gasteiger partial charge in [0.1, 0.15) is 0 Å². The Morgan fingerprint density at radius 3 is 2.52 bits per heavy atom. The van der Waals surface area contributed by atoms with E-state index in [-0.39, 0.29) is 18.4 Å². The lowest BCUT2D eigenvalue weighted by Crippen LogP contribution is -2.41. The Balaban J connectivity index is 2.54. The summed E-state index contributed by atoms with van der Waals surface area (Å²) in [5.41, 5.74) is 2.18. The van der Waals surface area contributed by atoms with Gasteiger partial charge in [-0.25, -0.2) is 0 Å². The third-order valence-electron chi connectivity index (χ3n) is 3.12. The number of hydrogen-bond donors (Lipinski definition) is 1. The highest BCUT2D eigenvalue weighted by atomic mass is 16.2. The van der Waals surface area contributed by atoms with Crippen LogP contribution in [0.5, 0.6) is 0 Å². The fourth-order valence-corrected chi connectivity index (χ4v) is 1.96. The van der Waals surface area contributed by atoms with Gasteiger partial charge in [0.05, 0.1) is 6.54 Å². The van der Waals surface area contributed by atoms with Crippen LogP contribution < -0.4 is 5.32 Å². The largest absolute Gasteiger partial charge is 0.353 e. The highest BCUT2D eigenvalue weighted by Crippen LogP contribution is 2.07. The summed E-state index contributed by atoms with van der Waals surface area (Å²) >= 11 is 0. The van der Waals surface area contributed by atoms with Crippen LogP contribution in [0, 0.1) is 6.92 Å². The van der Waals surface area contributed by atoms with E-state index in [9.17, 15) is 9.59 Å². The minimum Gasteiger partial charge on any atom is -0.353 e. The van der Waals surface area contributed by atoms with Crippen LogP contribution in [0.3, 0.4) is 0 Å². The van der Waals surface area contributed by atoms with Gasteiger partial charge in [-0.3, -0.25) is 9.59 Å². The van der Waals surface area contributed by atoms with Crippen LogP contribution in [-0.2, 0) is 16.1 Å². The van der Waals surface area contributed by atoms with Crippen molar-refractivity contribution in [2.75, 3.05) is 33.7 Å². The molecule has 0 aromatic heterocycles. The van der Waals surface area contributed by atoms with Gasteiger partial charge in [0, 0.05) is 26.6 Å². The van der Waals surface area contributed by atoms with E-state index in [0.29, 0.717) is 13.1 Å². The van der Waals surface area contributed by atoms with Gasteiger partial charge in [-0.1, -0.05) is 29.8 Å². The van der Waals surface area contributed by atoms with Crippen molar-refractivity contribution >= 4 is 11.8 Å². The lowest BCUT2D eigenvalue weighted by molar-refractivity contribution is -0.134. The molecule has 0 heterocycles. The predicted molar refractivity (Wildman–Crippen MR) is 83.8 cm³/mol. The molecule has 0 fully saturated rings. The zero-order valence-corrected chi connectivity index (χ0v) is 13.3. The molecule has 0 unspecified atom stereocenters. The summed E-state index contributed by atoms with van der Waals surface area (Å²) in [7, 11) is 3.90. The average Bonchev–Trinajstić information content (AvgIpc) is 2.37. The molecule has 116 valence electrons. The Morgan fingerprint density at radius 1 is 1.24 bits per heavy atom. The Bertz CT molecular complexity index is 486. The van der Waals surface area contributed by atoms with Gasteiger partial charge in [-0.2, -0.15) is 0 Å². The molecule has 0 spiro atoms. The maximum absolute atomic E-state index is 11.9. The summed E-state index contributed by atoms with van der Waals surface area (Å²) in [6.07, 6.45) is 0. The predicted octanol–water partition coefficient (Wildman–Crippen LogP) is 1.02. The number of nitrogens with one attached hydrogen (secondary N) is 1. The zero-order chi connectivity index (χ0) is 15.8. The molecule has 0 saturated heterocycles. The van der Waals surface area contributed by atoms with Crippen molar-refractivity contribution in [1.29, 1.82) is 0 Å². The fourth-order valence-electron chi connectivity index (χ4n) is 1.96. The first-order chi connectivity index (χ1) is 9.88. The number of benzene rings is 1. The van der Waals surface area contributed by atoms with E-state index in [1.54, 1.807) is 4.90 Å². The Morgan fingerprint density at radius 2 is 1.95 bits per heavy atom. The smallest absolute Gasteiger partial charge is 0.239 e. The van der Waals surface area contributed by atoms with Crippen molar-refractivity contribution in [2.45, 2.75) is 20.4 Å². The van der Waals surface area contributed by atoms with E-state index in [1.165, 1.54) is 6.92 Å². The first-order valence-electron chi connectivity index (χ1n) is 7.11. The van der Waals surface area contributed by atoms with Gasteiger partial charge in [0.2, 0.25) is 11.8 Å². The summed E-state index contributed by atoms with van der Waals surface area (Å²) < 4.78 is 0. The summed E-state index contributed by atoms with van der Waals surface area (Å²) in [6.45, 7) is 5.42. The highest BCUT2D eigenvalue weighted by Gasteiger charge is 2.14. The maximum atomic E-state index is 11.9. The van der Waals surface area contributed by atoms with E-state index in [1.807, 2.05) is 50.2 Å². The van der Waals surface area contributed by atoms with Crippen LogP contribution in [0.4, 0.5) is 0 Å². The van der Waals surface area contributed by atoms with Gasteiger partial charge in [0.15, 0.2) is 0 Å². The van der Waals surface area contributed by atoms with Gasteiger partial charge < -0.3 is 15.1 Å². The Labute approximate surface area is 126 Å². The molecule has 1 aromatic carbocycles. The molecule has 0 bridgehead atoms. The third-order valence-corrected chi connectivity index (χ3v) is 3.12. The first-order valence-corrected chi connectivity index (χ1v) is 7.11. The number of nitrogens with zero attached hydrogens (tertiary/aromatic N) is 2. The normalized spacial score (nSPS) is 10.5. The fraction of sp³-hybridized carbons (Fsp3) is 0.500. The molecule has 0 radical (unpaired) electrons. The monoisotopic (exact) mass is 291 g/mol. The van der Waals surface area contributed by atoms with Crippen molar-refractivity contribution in [3.8, 4) is 0 Å². The summed E-state index contributed by atoms with van der Waals surface area (Å²) in [4.78, 5) is 27.1. The third kappa shape index (κ3) is 6.90. The number of aryl methyl sites for hydroxylation is 1. The van der Waals surface area contributed by atoms with E-state index in [2.05, 4.69) is 5.32 Å². The lowest BCUT2D eigenvalue weighted by atomic mass is 10.1. The molecule has 0 atom stereocenters. The number of carbonyl (C=O) groups excluding carboxylic acids is 2. The van der Waals surface area contributed by atoms with Crippen LogP contribution in [0.1, 0.15) is 18.1 Å². The highest BCUT2D eigenvalue weighted by molar-refractivity contribution is 5.83. The minimum absolute atomic E-state index is 0.0940. The molecular weight excluding hydrogens is 266 g/mol. The second-order valence-corrected chi connectivity index (χ2v) is 5.52. The molecule has 5 heteroatoms. The second-order valence-electron chi connectivity index (χ2n) is 5.52. The Kier molecular flexibility index (Phi) is 6.88. The van der Waals surface area contributed by atoms with Crippen molar-refractivity contribution in [1.82, 2.24) is 15.1 Å². The number of hydrogen-bond acceptors (Lipinski definition) is 3. The lowest BCUT2D eigenvalue weighted by Gasteiger charge is -2.21. The van der Waals surface area contributed by atoms with Crippen molar-refractivity contribution in [3.63, 3.8) is 0 Å². The molecule has 5 nitrogen and oxygen atoms in total. The van der Waals surface area contributed by atoms with Gasteiger partial charge in [-0.15, -0.1) is 0 Å². The second kappa shape index (κ2) is 8.42. The molecule has 1 N–H and O–H groups in total. The van der Waals surface area contributed by atoms with Crippen molar-refractivity contribution in [3.05, 3.63) is 35.4 Å². The van der Waals surface area contributed by atoms with E-state index >= 15 is 0 Å². The average molecular weight is 291 g/mol. The van der Waals surface area contributed by atoms with Crippen molar-refractivity contribution < 1.29 is 9.59 Å². The standard InChI is InChI=1S/C16H25N3O2/c1-13-6-5-7-15(10-13)11-19(14(2)20)12-16(21)17-8-9-18(3)4/h5-7,10H,8-9,11-12H2,1-4H3,(H,17,21). The molecule has 0 aliphatic heterocycles. The maximum Gasteiger partial charge on any atom is 0.239 e. The summed E-state index contributed by atoms with van der Waals surface area (Å²) in [5, 5.41) is 2.82. The summed E-state index contributed by atoms with van der Waals surface area (Å²) in [5.74, 6) is -0.223. The van der Waals surface area contributed by atoms with E-state index < -0.39 is 0 Å². The molecule has 2 amide bonds. The quantitative estimate of drug-likeness (QED) is 0.816. The van der Waals surface area contributed by atoms with Crippen LogP contribution in [0.2, 0.25) is 0 Å². The summed E-state index contributed by atoms with van der Waals surface area (Å²) in [6, 6.07) is 7.96.